The number of carbonyl (C=O) groups excluding carboxylic acids is 4. The zero-order valence-corrected chi connectivity index (χ0v) is 25.4. The standard InChI is InChI=1S/C34H41N5O5/c1-23(2)18-27(16-17-40)36-32(41)30(37-34(43)44-21-25-10-5-4-6-11-25)19-28-20-38(33(42)24(3)35)22-39(28)31-15-9-13-26-12-7-8-14-29(26)31/h4-15,17,20,23-24,27,30H,16,18-19,21-22,35H2,1-3H3,(H,36,41)(H,37,43)/t24-,27?,30-/m0/s1. The van der Waals surface area contributed by atoms with E-state index in [2.05, 4.69) is 10.6 Å². The fourth-order valence-electron chi connectivity index (χ4n) is 5.29. The van der Waals surface area contributed by atoms with Crippen LogP contribution in [0.2, 0.25) is 0 Å². The highest BCUT2D eigenvalue weighted by Crippen LogP contribution is 2.34. The lowest BCUT2D eigenvalue weighted by Crippen LogP contribution is -2.50. The molecular formula is C34H41N5O5. The van der Waals surface area contributed by atoms with E-state index in [1.807, 2.05) is 91.5 Å². The molecule has 4 rings (SSSR count). The summed E-state index contributed by atoms with van der Waals surface area (Å²) in [6.07, 6.45) is 2.50. The van der Waals surface area contributed by atoms with Gasteiger partial charge in [0.05, 0.1) is 11.7 Å². The van der Waals surface area contributed by atoms with Gasteiger partial charge >= 0.3 is 6.09 Å². The van der Waals surface area contributed by atoms with Gasteiger partial charge in [-0.2, -0.15) is 0 Å². The van der Waals surface area contributed by atoms with Crippen molar-refractivity contribution in [2.45, 2.75) is 64.8 Å². The van der Waals surface area contributed by atoms with Crippen LogP contribution in [-0.4, -0.2) is 53.9 Å². The van der Waals surface area contributed by atoms with Crippen molar-refractivity contribution in [2.75, 3.05) is 11.6 Å². The number of nitrogens with two attached hydrogens (primary N) is 1. The molecule has 0 bridgehead atoms. The summed E-state index contributed by atoms with van der Waals surface area (Å²) in [5.74, 6) is -0.492. The van der Waals surface area contributed by atoms with Crippen LogP contribution in [0.15, 0.2) is 84.7 Å². The number of fused-ring (bicyclic) bond motifs is 1. The molecule has 10 heteroatoms. The second-order valence-corrected chi connectivity index (χ2v) is 11.5. The van der Waals surface area contributed by atoms with Gasteiger partial charge in [-0.3, -0.25) is 14.5 Å². The van der Waals surface area contributed by atoms with Crippen LogP contribution in [0.5, 0.6) is 0 Å². The Balaban J connectivity index is 1.64. The highest BCUT2D eigenvalue weighted by Gasteiger charge is 2.33. The van der Waals surface area contributed by atoms with Crippen molar-refractivity contribution in [1.29, 1.82) is 0 Å². The summed E-state index contributed by atoms with van der Waals surface area (Å²) in [7, 11) is 0. The Kier molecular flexibility index (Phi) is 11.1. The van der Waals surface area contributed by atoms with Crippen molar-refractivity contribution >= 4 is 40.7 Å². The molecule has 1 unspecified atom stereocenters. The normalized spacial score (nSPS) is 15.0. The molecule has 3 atom stereocenters. The molecule has 4 N–H and O–H groups in total. The molecule has 10 nitrogen and oxygen atoms in total. The molecular weight excluding hydrogens is 558 g/mol. The van der Waals surface area contributed by atoms with Gasteiger partial charge in [0.2, 0.25) is 11.8 Å². The van der Waals surface area contributed by atoms with Gasteiger partial charge in [-0.1, -0.05) is 80.6 Å². The third-order valence-corrected chi connectivity index (χ3v) is 7.39. The lowest BCUT2D eigenvalue weighted by atomic mass is 10.0. The lowest BCUT2D eigenvalue weighted by molar-refractivity contribution is -0.129. The van der Waals surface area contributed by atoms with E-state index in [1.54, 1.807) is 13.1 Å². The van der Waals surface area contributed by atoms with E-state index < -0.39 is 30.1 Å². The second kappa shape index (κ2) is 15.2. The van der Waals surface area contributed by atoms with Gasteiger partial charge in [-0.05, 0) is 36.3 Å². The second-order valence-electron chi connectivity index (χ2n) is 11.5. The van der Waals surface area contributed by atoms with E-state index in [4.69, 9.17) is 10.5 Å². The van der Waals surface area contributed by atoms with Gasteiger partial charge in [0.1, 0.15) is 25.6 Å². The molecule has 3 aromatic rings. The summed E-state index contributed by atoms with van der Waals surface area (Å²) >= 11 is 0. The summed E-state index contributed by atoms with van der Waals surface area (Å²) in [6.45, 7) is 5.87. The van der Waals surface area contributed by atoms with Crippen LogP contribution in [0.3, 0.4) is 0 Å². The van der Waals surface area contributed by atoms with Crippen LogP contribution >= 0.6 is 0 Å². The van der Waals surface area contributed by atoms with Crippen molar-refractivity contribution in [3.8, 4) is 0 Å². The van der Waals surface area contributed by atoms with Gasteiger partial charge in [0.15, 0.2) is 0 Å². The number of hydrogen-bond acceptors (Lipinski definition) is 7. The maximum Gasteiger partial charge on any atom is 0.408 e. The molecule has 232 valence electrons. The van der Waals surface area contributed by atoms with Gasteiger partial charge in [0.25, 0.3) is 0 Å². The number of anilines is 1. The largest absolute Gasteiger partial charge is 0.445 e. The molecule has 1 aliphatic heterocycles. The van der Waals surface area contributed by atoms with Crippen LogP contribution in [0, 0.1) is 5.92 Å². The first-order chi connectivity index (χ1) is 21.2. The van der Waals surface area contributed by atoms with Crippen molar-refractivity contribution in [3.63, 3.8) is 0 Å². The third kappa shape index (κ3) is 8.44. The number of aldehydes is 1. The Labute approximate surface area is 258 Å². The minimum absolute atomic E-state index is 0.0314. The quantitative estimate of drug-likeness (QED) is 0.247. The maximum atomic E-state index is 13.7. The van der Waals surface area contributed by atoms with Crippen molar-refractivity contribution in [1.82, 2.24) is 15.5 Å². The maximum absolute atomic E-state index is 13.7. The average molecular weight is 600 g/mol. The summed E-state index contributed by atoms with van der Waals surface area (Å²) < 4.78 is 5.45. The summed E-state index contributed by atoms with van der Waals surface area (Å²) in [6, 6.07) is 20.8. The molecule has 3 aromatic carbocycles. The Hall–Kier alpha value is -4.70. The van der Waals surface area contributed by atoms with Crippen molar-refractivity contribution < 1.29 is 23.9 Å². The first-order valence-electron chi connectivity index (χ1n) is 14.9. The summed E-state index contributed by atoms with van der Waals surface area (Å²) in [4.78, 5) is 54.6. The fourth-order valence-corrected chi connectivity index (χ4v) is 5.29. The van der Waals surface area contributed by atoms with Crippen LogP contribution in [0.1, 0.15) is 45.6 Å². The number of amides is 3. The Morgan fingerprint density at radius 3 is 2.36 bits per heavy atom. The molecule has 1 heterocycles. The zero-order chi connectivity index (χ0) is 31.6. The molecule has 0 aromatic heterocycles. The van der Waals surface area contributed by atoms with Crippen LogP contribution in [0.4, 0.5) is 10.5 Å². The third-order valence-electron chi connectivity index (χ3n) is 7.39. The average Bonchev–Trinajstić information content (AvgIpc) is 3.42. The number of nitrogens with one attached hydrogen (secondary N) is 2. The molecule has 0 saturated carbocycles. The summed E-state index contributed by atoms with van der Waals surface area (Å²) in [5.41, 5.74) is 8.23. The number of ether oxygens (including phenoxy) is 1. The minimum atomic E-state index is -1.06. The highest BCUT2D eigenvalue weighted by atomic mass is 16.5. The number of nitrogens with zero attached hydrogens (tertiary/aromatic N) is 2. The highest BCUT2D eigenvalue weighted by molar-refractivity contribution is 5.96. The molecule has 44 heavy (non-hydrogen) atoms. The van der Waals surface area contributed by atoms with Crippen LogP contribution in [-0.2, 0) is 25.7 Å². The predicted octanol–water partition coefficient (Wildman–Crippen LogP) is 4.44. The van der Waals surface area contributed by atoms with Crippen LogP contribution in [0.25, 0.3) is 10.8 Å². The first-order valence-corrected chi connectivity index (χ1v) is 14.9. The minimum Gasteiger partial charge on any atom is -0.445 e. The first kappa shape index (κ1) is 32.2. The Morgan fingerprint density at radius 1 is 0.955 bits per heavy atom. The molecule has 0 radical (unpaired) electrons. The van der Waals surface area contributed by atoms with E-state index in [-0.39, 0.29) is 37.9 Å². The fraction of sp³-hybridized carbons (Fsp3) is 0.353. The van der Waals surface area contributed by atoms with E-state index >= 15 is 0 Å². The Bertz CT molecular complexity index is 1480. The Morgan fingerprint density at radius 2 is 1.66 bits per heavy atom. The smallest absolute Gasteiger partial charge is 0.408 e. The van der Waals surface area contributed by atoms with E-state index in [9.17, 15) is 19.2 Å². The monoisotopic (exact) mass is 599 g/mol. The lowest BCUT2D eigenvalue weighted by Gasteiger charge is -2.28. The number of carbonyl (C=O) groups is 4. The predicted molar refractivity (Wildman–Crippen MR) is 170 cm³/mol. The number of alkyl carbamates (subject to hydrolysis) is 1. The van der Waals surface area contributed by atoms with E-state index in [1.165, 1.54) is 4.90 Å². The molecule has 0 aliphatic carbocycles. The van der Waals surface area contributed by atoms with E-state index in [0.29, 0.717) is 12.1 Å². The SMILES string of the molecule is CC(C)CC(CC=O)NC(=O)[C@H](CC1=CN(C(=O)[C@H](C)N)CN1c1cccc2ccccc12)NC(=O)OCc1ccccc1. The molecule has 0 saturated heterocycles. The number of rotatable bonds is 13. The molecule has 0 fully saturated rings. The van der Waals surface area contributed by atoms with Gasteiger partial charge < -0.3 is 30.8 Å². The van der Waals surface area contributed by atoms with Crippen LogP contribution < -0.4 is 21.3 Å². The van der Waals surface area contributed by atoms with Gasteiger partial charge in [-0.25, -0.2) is 4.79 Å². The molecule has 1 aliphatic rings. The van der Waals surface area contributed by atoms with Gasteiger partial charge in [-0.15, -0.1) is 0 Å². The van der Waals surface area contributed by atoms with Crippen molar-refractivity contribution in [2.24, 2.45) is 11.7 Å². The van der Waals surface area contributed by atoms with Gasteiger partial charge in [0, 0.05) is 36.2 Å². The van der Waals surface area contributed by atoms with Crippen molar-refractivity contribution in [3.05, 3.63) is 90.3 Å². The number of hydrogen-bond donors (Lipinski definition) is 3. The number of benzene rings is 3. The topological polar surface area (TPSA) is 134 Å². The molecule has 0 spiro atoms. The summed E-state index contributed by atoms with van der Waals surface area (Å²) in [5, 5.41) is 7.67. The molecule has 3 amide bonds. The van der Waals surface area contributed by atoms with E-state index in [0.717, 1.165) is 28.3 Å². The zero-order valence-electron chi connectivity index (χ0n) is 25.4.